The van der Waals surface area contributed by atoms with Crippen LogP contribution in [0.2, 0.25) is 0 Å². The van der Waals surface area contributed by atoms with E-state index in [1.54, 1.807) is 0 Å². The van der Waals surface area contributed by atoms with Gasteiger partial charge in [0.05, 0.1) is 5.69 Å². The van der Waals surface area contributed by atoms with E-state index in [-0.39, 0.29) is 0 Å². The van der Waals surface area contributed by atoms with Crippen molar-refractivity contribution in [2.75, 3.05) is 6.54 Å². The molecule has 17 heavy (non-hydrogen) atoms. The Balaban J connectivity index is 1.75. The maximum absolute atomic E-state index is 4.45. The number of rotatable bonds is 7. The molecule has 0 saturated heterocycles. The van der Waals surface area contributed by atoms with Crippen molar-refractivity contribution in [1.29, 1.82) is 0 Å². The summed E-state index contributed by atoms with van der Waals surface area (Å²) in [5.41, 5.74) is 2.54. The second kappa shape index (κ2) is 5.65. The molecule has 1 fully saturated rings. The summed E-state index contributed by atoms with van der Waals surface area (Å²) in [7, 11) is 1.99. The molecule has 1 atom stereocenters. The summed E-state index contributed by atoms with van der Waals surface area (Å²) < 4.78 is 1.91. The van der Waals surface area contributed by atoms with E-state index in [0.717, 1.165) is 25.6 Å². The van der Waals surface area contributed by atoms with Gasteiger partial charge in [-0.2, -0.15) is 5.10 Å². The predicted molar refractivity (Wildman–Crippen MR) is 69.9 cm³/mol. The molecular formula is C13H24N4. The first-order valence-corrected chi connectivity index (χ1v) is 6.67. The van der Waals surface area contributed by atoms with Crippen LogP contribution in [-0.2, 0) is 20.0 Å². The van der Waals surface area contributed by atoms with Crippen molar-refractivity contribution in [2.45, 2.75) is 51.7 Å². The molecule has 0 spiro atoms. The number of aromatic nitrogens is 2. The van der Waals surface area contributed by atoms with E-state index < -0.39 is 0 Å². The molecule has 2 N–H and O–H groups in total. The molecule has 0 aromatic carbocycles. The standard InChI is InChI=1S/C13H24N4/c1-4-13-11(9-17(3)16-13)8-14-10(2)7-15-12-5-6-12/h9-10,12,14-15H,4-8H2,1-3H3. The first kappa shape index (κ1) is 12.6. The predicted octanol–water partition coefficient (Wildman–Crippen LogP) is 1.21. The molecule has 1 aliphatic rings. The summed E-state index contributed by atoms with van der Waals surface area (Å²) in [6, 6.07) is 1.31. The third-order valence-electron chi connectivity index (χ3n) is 3.26. The van der Waals surface area contributed by atoms with Crippen molar-refractivity contribution >= 4 is 0 Å². The van der Waals surface area contributed by atoms with Crippen molar-refractivity contribution in [3.05, 3.63) is 17.5 Å². The average Bonchev–Trinajstić information content (AvgIpc) is 3.07. The van der Waals surface area contributed by atoms with Crippen LogP contribution in [0.25, 0.3) is 0 Å². The van der Waals surface area contributed by atoms with E-state index in [9.17, 15) is 0 Å². The van der Waals surface area contributed by atoms with Crippen LogP contribution in [0.15, 0.2) is 6.20 Å². The van der Waals surface area contributed by atoms with E-state index in [0.29, 0.717) is 6.04 Å². The van der Waals surface area contributed by atoms with E-state index in [4.69, 9.17) is 0 Å². The Hall–Kier alpha value is -0.870. The average molecular weight is 236 g/mol. The fourth-order valence-electron chi connectivity index (χ4n) is 2.02. The zero-order valence-electron chi connectivity index (χ0n) is 11.2. The number of aryl methyl sites for hydroxylation is 2. The minimum atomic E-state index is 0.514. The molecule has 0 aliphatic heterocycles. The van der Waals surface area contributed by atoms with Gasteiger partial charge in [0.1, 0.15) is 0 Å². The fourth-order valence-corrected chi connectivity index (χ4v) is 2.02. The smallest absolute Gasteiger partial charge is 0.0666 e. The van der Waals surface area contributed by atoms with Gasteiger partial charge in [0.25, 0.3) is 0 Å². The Morgan fingerprint density at radius 3 is 2.94 bits per heavy atom. The highest BCUT2D eigenvalue weighted by molar-refractivity contribution is 5.16. The van der Waals surface area contributed by atoms with Crippen LogP contribution in [-0.4, -0.2) is 28.4 Å². The molecule has 1 aliphatic carbocycles. The van der Waals surface area contributed by atoms with Gasteiger partial charge in [0, 0.05) is 44.0 Å². The van der Waals surface area contributed by atoms with Crippen molar-refractivity contribution in [2.24, 2.45) is 7.05 Å². The number of nitrogens with zero attached hydrogens (tertiary/aromatic N) is 2. The number of nitrogens with one attached hydrogen (secondary N) is 2. The summed E-state index contributed by atoms with van der Waals surface area (Å²) in [5.74, 6) is 0. The molecule has 2 rings (SSSR count). The van der Waals surface area contributed by atoms with Crippen LogP contribution in [0.1, 0.15) is 37.9 Å². The van der Waals surface area contributed by atoms with Gasteiger partial charge in [-0.1, -0.05) is 6.92 Å². The fraction of sp³-hybridized carbons (Fsp3) is 0.769. The zero-order valence-corrected chi connectivity index (χ0v) is 11.2. The molecular weight excluding hydrogens is 212 g/mol. The zero-order chi connectivity index (χ0) is 12.3. The highest BCUT2D eigenvalue weighted by atomic mass is 15.3. The first-order chi connectivity index (χ1) is 8.19. The highest BCUT2D eigenvalue weighted by Gasteiger charge is 2.20. The molecule has 1 heterocycles. The van der Waals surface area contributed by atoms with E-state index in [1.807, 2.05) is 11.7 Å². The lowest BCUT2D eigenvalue weighted by molar-refractivity contribution is 0.499. The Morgan fingerprint density at radius 1 is 1.53 bits per heavy atom. The van der Waals surface area contributed by atoms with Gasteiger partial charge in [0.15, 0.2) is 0 Å². The topological polar surface area (TPSA) is 41.9 Å². The normalized spacial score (nSPS) is 17.4. The maximum atomic E-state index is 4.45. The van der Waals surface area contributed by atoms with Gasteiger partial charge in [-0.3, -0.25) is 4.68 Å². The van der Waals surface area contributed by atoms with Crippen LogP contribution < -0.4 is 10.6 Å². The molecule has 0 bridgehead atoms. The Kier molecular flexibility index (Phi) is 4.18. The SMILES string of the molecule is CCc1nn(C)cc1CNC(C)CNC1CC1. The van der Waals surface area contributed by atoms with E-state index in [1.165, 1.54) is 24.1 Å². The summed E-state index contributed by atoms with van der Waals surface area (Å²) >= 11 is 0. The van der Waals surface area contributed by atoms with Gasteiger partial charge >= 0.3 is 0 Å². The van der Waals surface area contributed by atoms with Crippen LogP contribution in [0, 0.1) is 0 Å². The van der Waals surface area contributed by atoms with Crippen molar-refractivity contribution < 1.29 is 0 Å². The summed E-state index contributed by atoms with van der Waals surface area (Å²) in [6.07, 6.45) is 5.84. The Morgan fingerprint density at radius 2 is 2.29 bits per heavy atom. The Bertz CT molecular complexity index is 354. The molecule has 0 amide bonds. The molecule has 4 heteroatoms. The van der Waals surface area contributed by atoms with Gasteiger partial charge in [-0.05, 0) is 26.2 Å². The molecule has 1 saturated carbocycles. The van der Waals surface area contributed by atoms with Gasteiger partial charge in [-0.15, -0.1) is 0 Å². The van der Waals surface area contributed by atoms with E-state index in [2.05, 4.69) is 35.8 Å². The summed E-state index contributed by atoms with van der Waals surface area (Å²) in [6.45, 7) is 6.37. The minimum absolute atomic E-state index is 0.514. The molecule has 0 radical (unpaired) electrons. The largest absolute Gasteiger partial charge is 0.312 e. The summed E-state index contributed by atoms with van der Waals surface area (Å²) in [5, 5.41) is 11.5. The van der Waals surface area contributed by atoms with Crippen molar-refractivity contribution in [3.8, 4) is 0 Å². The van der Waals surface area contributed by atoms with Crippen LogP contribution in [0.5, 0.6) is 0 Å². The third kappa shape index (κ3) is 3.82. The molecule has 4 nitrogen and oxygen atoms in total. The van der Waals surface area contributed by atoms with Crippen LogP contribution in [0.3, 0.4) is 0 Å². The molecule has 1 aromatic heterocycles. The number of hydrogen-bond donors (Lipinski definition) is 2. The quantitative estimate of drug-likeness (QED) is 0.748. The second-order valence-corrected chi connectivity index (χ2v) is 5.09. The lowest BCUT2D eigenvalue weighted by Crippen LogP contribution is -2.36. The molecule has 1 unspecified atom stereocenters. The number of hydrogen-bond acceptors (Lipinski definition) is 3. The lowest BCUT2D eigenvalue weighted by Gasteiger charge is -2.14. The molecule has 96 valence electrons. The van der Waals surface area contributed by atoms with Gasteiger partial charge < -0.3 is 10.6 Å². The Labute approximate surface area is 104 Å². The van der Waals surface area contributed by atoms with Gasteiger partial charge in [-0.25, -0.2) is 0 Å². The monoisotopic (exact) mass is 236 g/mol. The third-order valence-corrected chi connectivity index (χ3v) is 3.26. The van der Waals surface area contributed by atoms with Crippen molar-refractivity contribution in [1.82, 2.24) is 20.4 Å². The van der Waals surface area contributed by atoms with Crippen molar-refractivity contribution in [3.63, 3.8) is 0 Å². The second-order valence-electron chi connectivity index (χ2n) is 5.09. The van der Waals surface area contributed by atoms with Crippen LogP contribution >= 0.6 is 0 Å². The van der Waals surface area contributed by atoms with Gasteiger partial charge in [0.2, 0.25) is 0 Å². The highest BCUT2D eigenvalue weighted by Crippen LogP contribution is 2.18. The lowest BCUT2D eigenvalue weighted by atomic mass is 10.2. The summed E-state index contributed by atoms with van der Waals surface area (Å²) in [4.78, 5) is 0. The van der Waals surface area contributed by atoms with Crippen LogP contribution in [0.4, 0.5) is 0 Å². The minimum Gasteiger partial charge on any atom is -0.312 e. The molecule has 1 aromatic rings. The first-order valence-electron chi connectivity index (χ1n) is 6.67. The maximum Gasteiger partial charge on any atom is 0.0666 e. The van der Waals surface area contributed by atoms with E-state index >= 15 is 0 Å².